The second-order valence-corrected chi connectivity index (χ2v) is 7.38. The molecule has 0 aliphatic rings. The van der Waals surface area contributed by atoms with Crippen LogP contribution in [0.2, 0.25) is 5.02 Å². The molecule has 4 rings (SSSR count). The van der Waals surface area contributed by atoms with E-state index < -0.39 is 12.1 Å². The molecule has 0 radical (unpaired) electrons. The van der Waals surface area contributed by atoms with E-state index in [1.807, 2.05) is 30.3 Å². The van der Waals surface area contributed by atoms with Crippen molar-refractivity contribution in [1.29, 1.82) is 0 Å². The summed E-state index contributed by atoms with van der Waals surface area (Å²) in [7, 11) is 0. The molecule has 5 nitrogen and oxygen atoms in total. The highest BCUT2D eigenvalue weighted by atomic mass is 35.5. The summed E-state index contributed by atoms with van der Waals surface area (Å²) in [5.41, 5.74) is 1.51. The van der Waals surface area contributed by atoms with Crippen molar-refractivity contribution < 1.29 is 18.7 Å². The zero-order chi connectivity index (χ0) is 21.8. The number of rotatable bonds is 6. The van der Waals surface area contributed by atoms with Crippen LogP contribution < -0.4 is 10.2 Å². The summed E-state index contributed by atoms with van der Waals surface area (Å²) in [5, 5.41) is 0.910. The van der Waals surface area contributed by atoms with Gasteiger partial charge in [0.05, 0.1) is 5.39 Å². The highest BCUT2D eigenvalue weighted by Gasteiger charge is 2.24. The lowest BCUT2D eigenvalue weighted by molar-refractivity contribution is -0.152. The number of esters is 1. The van der Waals surface area contributed by atoms with E-state index in [4.69, 9.17) is 25.5 Å². The maximum atomic E-state index is 13.2. The molecule has 6 heteroatoms. The lowest BCUT2D eigenvalue weighted by Gasteiger charge is -2.16. The van der Waals surface area contributed by atoms with Crippen molar-refractivity contribution >= 4 is 28.5 Å². The Hall–Kier alpha value is -3.57. The van der Waals surface area contributed by atoms with E-state index in [1.165, 1.54) is 6.92 Å². The van der Waals surface area contributed by atoms with Gasteiger partial charge in [0.15, 0.2) is 11.9 Å². The Morgan fingerprint density at radius 2 is 1.65 bits per heavy atom. The number of ether oxygens (including phenoxy) is 2. The van der Waals surface area contributed by atoms with Gasteiger partial charge in [-0.1, -0.05) is 54.1 Å². The summed E-state index contributed by atoms with van der Waals surface area (Å²) in [5.74, 6) is -0.410. The molecule has 1 atom stereocenters. The van der Waals surface area contributed by atoms with Crippen LogP contribution in [0, 0.1) is 0 Å². The summed E-state index contributed by atoms with van der Waals surface area (Å²) in [6.07, 6.45) is -1.01. The molecule has 1 aromatic heterocycles. The minimum atomic E-state index is -1.01. The monoisotopic (exact) mass is 434 g/mol. The lowest BCUT2D eigenvalue weighted by Crippen LogP contribution is -2.28. The van der Waals surface area contributed by atoms with E-state index in [2.05, 4.69) is 0 Å². The van der Waals surface area contributed by atoms with Crippen LogP contribution in [0.5, 0.6) is 5.75 Å². The average Bonchev–Trinajstić information content (AvgIpc) is 2.80. The number of hydrogen-bond donors (Lipinski definition) is 0. The Bertz CT molecular complexity index is 1260. The normalized spacial score (nSPS) is 11.8. The Kier molecular flexibility index (Phi) is 6.05. The van der Waals surface area contributed by atoms with E-state index in [9.17, 15) is 9.59 Å². The molecule has 0 bridgehead atoms. The van der Waals surface area contributed by atoms with Gasteiger partial charge in [-0.25, -0.2) is 4.79 Å². The minimum absolute atomic E-state index is 0.0508. The number of carbonyl (C=O) groups excluding carboxylic acids is 1. The van der Waals surface area contributed by atoms with Crippen molar-refractivity contribution in [1.82, 2.24) is 0 Å². The molecule has 0 saturated heterocycles. The first-order valence-corrected chi connectivity index (χ1v) is 10.1. The van der Waals surface area contributed by atoms with Gasteiger partial charge < -0.3 is 13.9 Å². The highest BCUT2D eigenvalue weighted by molar-refractivity contribution is 6.30. The summed E-state index contributed by atoms with van der Waals surface area (Å²) >= 11 is 5.99. The Balaban J connectivity index is 1.66. The van der Waals surface area contributed by atoms with Crippen LogP contribution in [-0.2, 0) is 16.1 Å². The highest BCUT2D eigenvalue weighted by Crippen LogP contribution is 2.32. The maximum absolute atomic E-state index is 13.2. The number of benzene rings is 3. The molecule has 0 fully saturated rings. The van der Waals surface area contributed by atoms with Gasteiger partial charge >= 0.3 is 5.97 Å². The quantitative estimate of drug-likeness (QED) is 0.368. The third-order valence-corrected chi connectivity index (χ3v) is 4.97. The first-order valence-electron chi connectivity index (χ1n) is 9.72. The first-order chi connectivity index (χ1) is 15.0. The van der Waals surface area contributed by atoms with Crippen molar-refractivity contribution in [2.75, 3.05) is 0 Å². The van der Waals surface area contributed by atoms with Gasteiger partial charge in [-0.3, -0.25) is 4.79 Å². The fourth-order valence-corrected chi connectivity index (χ4v) is 3.22. The third-order valence-electron chi connectivity index (χ3n) is 4.71. The number of halogens is 1. The van der Waals surface area contributed by atoms with Gasteiger partial charge in [-0.05, 0) is 48.9 Å². The fourth-order valence-electron chi connectivity index (χ4n) is 3.09. The summed E-state index contributed by atoms with van der Waals surface area (Å²) in [6.45, 7) is 1.65. The predicted octanol–water partition coefficient (Wildman–Crippen LogP) is 5.62. The molecule has 1 heterocycles. The lowest BCUT2D eigenvalue weighted by atomic mass is 10.1. The van der Waals surface area contributed by atoms with Crippen LogP contribution in [0.3, 0.4) is 0 Å². The van der Waals surface area contributed by atoms with Crippen molar-refractivity contribution in [3.8, 4) is 17.1 Å². The van der Waals surface area contributed by atoms with E-state index >= 15 is 0 Å². The van der Waals surface area contributed by atoms with Crippen LogP contribution in [0.4, 0.5) is 0 Å². The minimum Gasteiger partial charge on any atom is -0.471 e. The average molecular weight is 435 g/mol. The van der Waals surface area contributed by atoms with Gasteiger partial charge in [0.2, 0.25) is 11.2 Å². The molecule has 0 aliphatic heterocycles. The number of fused-ring (bicyclic) bond motifs is 1. The first kappa shape index (κ1) is 20.7. The molecule has 0 unspecified atom stereocenters. The van der Waals surface area contributed by atoms with Crippen molar-refractivity contribution in [2.24, 2.45) is 0 Å². The molecule has 0 aliphatic carbocycles. The van der Waals surface area contributed by atoms with Gasteiger partial charge in [0.1, 0.15) is 12.2 Å². The topological polar surface area (TPSA) is 65.7 Å². The predicted molar refractivity (Wildman–Crippen MR) is 119 cm³/mol. The zero-order valence-electron chi connectivity index (χ0n) is 16.7. The van der Waals surface area contributed by atoms with E-state index in [0.717, 1.165) is 5.56 Å². The van der Waals surface area contributed by atoms with Gasteiger partial charge in [0, 0.05) is 10.6 Å². The largest absolute Gasteiger partial charge is 0.471 e. The molecular formula is C25H19ClO5. The standard InChI is InChI=1S/C25H19ClO5/c1-16(25(28)29-15-17-7-3-2-4-8-17)30-24-22(27)20-9-5-6-10-21(20)31-23(24)18-11-13-19(26)14-12-18/h2-14,16H,15H2,1H3/t16-/m0/s1. The van der Waals surface area contributed by atoms with Crippen LogP contribution in [0.25, 0.3) is 22.3 Å². The molecule has 0 amide bonds. The van der Waals surface area contributed by atoms with Crippen molar-refractivity contribution in [3.05, 3.63) is 99.7 Å². The summed E-state index contributed by atoms with van der Waals surface area (Å²) in [6, 6.07) is 23.0. The van der Waals surface area contributed by atoms with E-state index in [-0.39, 0.29) is 23.5 Å². The maximum Gasteiger partial charge on any atom is 0.347 e. The molecule has 0 N–H and O–H groups in total. The third kappa shape index (κ3) is 4.62. The second kappa shape index (κ2) is 9.06. The van der Waals surface area contributed by atoms with Crippen LogP contribution in [0.1, 0.15) is 12.5 Å². The van der Waals surface area contributed by atoms with E-state index in [0.29, 0.717) is 21.6 Å². The Morgan fingerprint density at radius 1 is 0.968 bits per heavy atom. The Labute approximate surface area is 183 Å². The van der Waals surface area contributed by atoms with Crippen molar-refractivity contribution in [2.45, 2.75) is 19.6 Å². The molecule has 0 spiro atoms. The number of carbonyl (C=O) groups is 1. The summed E-state index contributed by atoms with van der Waals surface area (Å²) in [4.78, 5) is 25.7. The van der Waals surface area contributed by atoms with Gasteiger partial charge in [0.25, 0.3) is 0 Å². The SMILES string of the molecule is C[C@H](Oc1c(-c2ccc(Cl)cc2)oc2ccccc2c1=O)C(=O)OCc1ccccc1. The fraction of sp³-hybridized carbons (Fsp3) is 0.120. The second-order valence-electron chi connectivity index (χ2n) is 6.95. The number of hydrogen-bond acceptors (Lipinski definition) is 5. The molecule has 4 aromatic rings. The zero-order valence-corrected chi connectivity index (χ0v) is 17.5. The molecule has 3 aromatic carbocycles. The van der Waals surface area contributed by atoms with Crippen LogP contribution in [-0.4, -0.2) is 12.1 Å². The van der Waals surface area contributed by atoms with Crippen LogP contribution in [0.15, 0.2) is 88.1 Å². The summed E-state index contributed by atoms with van der Waals surface area (Å²) < 4.78 is 17.1. The molecule has 156 valence electrons. The van der Waals surface area contributed by atoms with Crippen molar-refractivity contribution in [3.63, 3.8) is 0 Å². The van der Waals surface area contributed by atoms with Gasteiger partial charge in [-0.15, -0.1) is 0 Å². The number of para-hydroxylation sites is 1. The van der Waals surface area contributed by atoms with Gasteiger partial charge in [-0.2, -0.15) is 0 Å². The molecular weight excluding hydrogens is 416 g/mol. The molecule has 31 heavy (non-hydrogen) atoms. The Morgan fingerprint density at radius 3 is 2.39 bits per heavy atom. The smallest absolute Gasteiger partial charge is 0.347 e. The van der Waals surface area contributed by atoms with E-state index in [1.54, 1.807) is 48.5 Å². The molecule has 0 saturated carbocycles. The van der Waals surface area contributed by atoms with Crippen LogP contribution >= 0.6 is 11.6 Å².